The van der Waals surface area contributed by atoms with Gasteiger partial charge in [0.1, 0.15) is 11.2 Å². The van der Waals surface area contributed by atoms with Crippen LogP contribution in [0.5, 0.6) is 0 Å². The third-order valence-corrected chi connectivity index (χ3v) is 9.49. The van der Waals surface area contributed by atoms with Gasteiger partial charge < -0.3 is 9.32 Å². The van der Waals surface area contributed by atoms with Gasteiger partial charge in [0.15, 0.2) is 0 Å². The fraction of sp³-hybridized carbons (Fsp3) is 0. The molecule has 0 unspecified atom stereocenters. The smallest absolute Gasteiger partial charge is 0.137 e. The first-order chi connectivity index (χ1) is 21.3. The summed E-state index contributed by atoms with van der Waals surface area (Å²) in [5.41, 5.74) is 8.40. The molecule has 0 aliphatic heterocycles. The molecule has 0 N–H and O–H groups in total. The predicted octanol–water partition coefficient (Wildman–Crippen LogP) is 11.6. The number of fused-ring (bicyclic) bond motifs is 8. The lowest BCUT2D eigenvalue weighted by molar-refractivity contribution is 0.669. The molecule has 0 radical (unpaired) electrons. The maximum Gasteiger partial charge on any atom is 0.137 e. The Kier molecular flexibility index (Phi) is 5.37. The minimum absolute atomic E-state index is 0.875. The Labute approximate surface area is 251 Å². The van der Waals surface area contributed by atoms with Crippen LogP contribution in [0.25, 0.3) is 64.1 Å². The predicted molar refractivity (Wildman–Crippen MR) is 182 cm³/mol. The second kappa shape index (κ2) is 9.55. The molecule has 43 heavy (non-hydrogen) atoms. The van der Waals surface area contributed by atoms with Crippen LogP contribution in [0.3, 0.4) is 0 Å². The van der Waals surface area contributed by atoms with Gasteiger partial charge in [-0.3, -0.25) is 4.98 Å². The first kappa shape index (κ1) is 24.2. The van der Waals surface area contributed by atoms with E-state index in [0.717, 1.165) is 44.5 Å². The zero-order chi connectivity index (χ0) is 28.3. The van der Waals surface area contributed by atoms with Crippen LogP contribution in [0.4, 0.5) is 17.1 Å². The lowest BCUT2D eigenvalue weighted by Crippen LogP contribution is -2.09. The Morgan fingerprint density at radius 3 is 2.07 bits per heavy atom. The summed E-state index contributed by atoms with van der Waals surface area (Å²) in [5.74, 6) is 0. The molecule has 0 fully saturated rings. The van der Waals surface area contributed by atoms with E-state index in [4.69, 9.17) is 9.40 Å². The highest BCUT2D eigenvalue weighted by Crippen LogP contribution is 2.43. The summed E-state index contributed by atoms with van der Waals surface area (Å²) >= 11 is 1.81. The molecule has 0 saturated heterocycles. The molecule has 0 spiro atoms. The average molecular weight is 569 g/mol. The minimum Gasteiger partial charge on any atom is -0.456 e. The summed E-state index contributed by atoms with van der Waals surface area (Å²) in [5, 5.41) is 5.83. The molecule has 6 aromatic carbocycles. The summed E-state index contributed by atoms with van der Waals surface area (Å²) in [6.45, 7) is 0. The van der Waals surface area contributed by atoms with Crippen molar-refractivity contribution in [1.82, 2.24) is 4.98 Å². The number of hydrogen-bond acceptors (Lipinski definition) is 4. The Bertz CT molecular complexity index is 2460. The van der Waals surface area contributed by atoms with Gasteiger partial charge in [-0.05, 0) is 59.7 Å². The number of hydrogen-bond donors (Lipinski definition) is 0. The maximum absolute atomic E-state index is 6.31. The second-order valence-electron chi connectivity index (χ2n) is 10.8. The summed E-state index contributed by atoms with van der Waals surface area (Å²) in [6.07, 6.45) is 1.99. The van der Waals surface area contributed by atoms with Crippen molar-refractivity contribution in [3.8, 4) is 11.1 Å². The molecule has 0 bridgehead atoms. The van der Waals surface area contributed by atoms with Crippen molar-refractivity contribution >= 4 is 81.4 Å². The van der Waals surface area contributed by atoms with E-state index in [0.29, 0.717) is 0 Å². The van der Waals surface area contributed by atoms with Crippen molar-refractivity contribution in [3.05, 3.63) is 146 Å². The van der Waals surface area contributed by atoms with E-state index >= 15 is 0 Å². The number of pyridine rings is 1. The number of rotatable bonds is 4. The van der Waals surface area contributed by atoms with Crippen LogP contribution in [0.1, 0.15) is 0 Å². The van der Waals surface area contributed by atoms with Gasteiger partial charge in [-0.2, -0.15) is 0 Å². The van der Waals surface area contributed by atoms with Gasteiger partial charge >= 0.3 is 0 Å². The number of thiophene rings is 1. The summed E-state index contributed by atoms with van der Waals surface area (Å²) in [7, 11) is 0. The maximum atomic E-state index is 6.31. The number of nitrogens with zero attached hydrogens (tertiary/aromatic N) is 2. The molecule has 0 amide bonds. The Hall–Kier alpha value is -5.45. The molecule has 0 atom stereocenters. The minimum atomic E-state index is 0.875. The van der Waals surface area contributed by atoms with Crippen LogP contribution in [0.2, 0.25) is 0 Å². The largest absolute Gasteiger partial charge is 0.456 e. The van der Waals surface area contributed by atoms with Gasteiger partial charge in [-0.15, -0.1) is 11.3 Å². The Balaban J connectivity index is 1.24. The van der Waals surface area contributed by atoms with E-state index in [1.165, 1.54) is 36.7 Å². The third kappa shape index (κ3) is 3.92. The van der Waals surface area contributed by atoms with Gasteiger partial charge in [0.05, 0.1) is 10.2 Å². The molecule has 3 heterocycles. The van der Waals surface area contributed by atoms with Crippen LogP contribution in [-0.2, 0) is 0 Å². The van der Waals surface area contributed by atoms with Crippen LogP contribution in [-0.4, -0.2) is 4.98 Å². The standard InChI is InChI=1S/C39H24N2OS/c1-2-8-25(9-3-1)26-14-16-28(17-15-26)41(30-18-20-33-32-12-6-7-13-35(32)42-36(33)23-30)29-19-21-37-34(22-29)38-39(43-37)31-11-5-4-10-27(31)24-40-38/h1-24H. The molecule has 0 saturated carbocycles. The summed E-state index contributed by atoms with van der Waals surface area (Å²) in [4.78, 5) is 7.24. The average Bonchev–Trinajstić information content (AvgIpc) is 3.64. The highest BCUT2D eigenvalue weighted by atomic mass is 32.1. The number of furan rings is 1. The number of aromatic nitrogens is 1. The van der Waals surface area contributed by atoms with E-state index in [9.17, 15) is 0 Å². The molecule has 3 aromatic heterocycles. The molecule has 0 aliphatic rings. The monoisotopic (exact) mass is 568 g/mol. The highest BCUT2D eigenvalue weighted by molar-refractivity contribution is 7.26. The van der Waals surface area contributed by atoms with Gasteiger partial charge in [-0.1, -0.05) is 84.9 Å². The quantitative estimate of drug-likeness (QED) is 0.211. The molecule has 4 heteroatoms. The van der Waals surface area contributed by atoms with Gasteiger partial charge in [0.2, 0.25) is 0 Å². The van der Waals surface area contributed by atoms with E-state index in [1.54, 1.807) is 0 Å². The van der Waals surface area contributed by atoms with E-state index in [2.05, 4.69) is 132 Å². The van der Waals surface area contributed by atoms with Crippen LogP contribution in [0.15, 0.2) is 150 Å². The lowest BCUT2D eigenvalue weighted by atomic mass is 10.0. The summed E-state index contributed by atoms with van der Waals surface area (Å²) in [6, 6.07) is 49.3. The molecule has 0 aliphatic carbocycles. The van der Waals surface area contributed by atoms with Crippen molar-refractivity contribution in [1.29, 1.82) is 0 Å². The van der Waals surface area contributed by atoms with Crippen LogP contribution in [0, 0.1) is 0 Å². The topological polar surface area (TPSA) is 29.3 Å². The van der Waals surface area contributed by atoms with Crippen molar-refractivity contribution in [2.24, 2.45) is 0 Å². The highest BCUT2D eigenvalue weighted by Gasteiger charge is 2.18. The lowest BCUT2D eigenvalue weighted by Gasteiger charge is -2.26. The molecular formula is C39H24N2OS. The molecule has 3 nitrogen and oxygen atoms in total. The molecule has 9 rings (SSSR count). The SMILES string of the molecule is c1ccc(-c2ccc(N(c3ccc4c(c3)oc3ccccc34)c3ccc4sc5c6ccccc6cnc5c4c3)cc2)cc1. The zero-order valence-electron chi connectivity index (χ0n) is 23.1. The molecule has 9 aromatic rings. The first-order valence-electron chi connectivity index (χ1n) is 14.4. The fourth-order valence-corrected chi connectivity index (χ4v) is 7.38. The number of para-hydroxylation sites is 1. The molecule has 202 valence electrons. The Morgan fingerprint density at radius 2 is 1.19 bits per heavy atom. The van der Waals surface area contributed by atoms with E-state index in [1.807, 2.05) is 29.7 Å². The van der Waals surface area contributed by atoms with E-state index in [-0.39, 0.29) is 0 Å². The van der Waals surface area contributed by atoms with Crippen molar-refractivity contribution in [3.63, 3.8) is 0 Å². The van der Waals surface area contributed by atoms with Crippen LogP contribution >= 0.6 is 11.3 Å². The fourth-order valence-electron chi connectivity index (χ4n) is 6.21. The van der Waals surface area contributed by atoms with Crippen molar-refractivity contribution in [2.45, 2.75) is 0 Å². The van der Waals surface area contributed by atoms with Crippen LogP contribution < -0.4 is 4.90 Å². The van der Waals surface area contributed by atoms with Gasteiger partial charge in [-0.25, -0.2) is 0 Å². The van der Waals surface area contributed by atoms with Crippen molar-refractivity contribution < 1.29 is 4.42 Å². The second-order valence-corrected chi connectivity index (χ2v) is 11.9. The van der Waals surface area contributed by atoms with Gasteiger partial charge in [0, 0.05) is 61.0 Å². The number of benzene rings is 6. The first-order valence-corrected chi connectivity index (χ1v) is 15.2. The van der Waals surface area contributed by atoms with E-state index < -0.39 is 0 Å². The normalized spacial score (nSPS) is 11.7. The number of anilines is 3. The van der Waals surface area contributed by atoms with Crippen molar-refractivity contribution in [2.75, 3.05) is 4.90 Å². The third-order valence-electron chi connectivity index (χ3n) is 8.29. The summed E-state index contributed by atoms with van der Waals surface area (Å²) < 4.78 is 8.77. The Morgan fingerprint density at radius 1 is 0.512 bits per heavy atom. The zero-order valence-corrected chi connectivity index (χ0v) is 23.9. The molecular weight excluding hydrogens is 545 g/mol. The van der Waals surface area contributed by atoms with Gasteiger partial charge in [0.25, 0.3) is 0 Å².